The van der Waals surface area contributed by atoms with Crippen LogP contribution in [-0.4, -0.2) is 30.1 Å². The fourth-order valence-electron chi connectivity index (χ4n) is 1.42. The van der Waals surface area contributed by atoms with E-state index >= 15 is 0 Å². The van der Waals surface area contributed by atoms with E-state index in [2.05, 4.69) is 41.1 Å². The van der Waals surface area contributed by atoms with Crippen LogP contribution in [0.2, 0.25) is 0 Å². The maximum Gasteiger partial charge on any atom is 0.133 e. The lowest BCUT2D eigenvalue weighted by Crippen LogP contribution is -2.19. The molecule has 0 atom stereocenters. The molecule has 0 fully saturated rings. The number of nitrogens with one attached hydrogen (secondary N) is 1. The highest BCUT2D eigenvalue weighted by molar-refractivity contribution is 5.47. The normalized spacial score (nSPS) is 10.2. The summed E-state index contributed by atoms with van der Waals surface area (Å²) >= 11 is 0. The lowest BCUT2D eigenvalue weighted by atomic mass is 10.3. The zero-order chi connectivity index (χ0) is 11.8. The highest BCUT2D eigenvalue weighted by Crippen LogP contribution is 2.12. The summed E-state index contributed by atoms with van der Waals surface area (Å²) in [5.74, 6) is 1.90. The van der Waals surface area contributed by atoms with Crippen LogP contribution in [0.3, 0.4) is 0 Å². The third-order valence-corrected chi connectivity index (χ3v) is 2.45. The molecule has 0 amide bonds. The lowest BCUT2D eigenvalue weighted by Gasteiger charge is -2.18. The molecule has 0 radical (unpaired) electrons. The predicted octanol–water partition coefficient (Wildman–Crippen LogP) is 2.53. The lowest BCUT2D eigenvalue weighted by molar-refractivity contribution is 0.758. The van der Waals surface area contributed by atoms with Crippen LogP contribution < -0.4 is 10.2 Å². The molecular weight excluding hydrogens is 200 g/mol. The summed E-state index contributed by atoms with van der Waals surface area (Å²) < 4.78 is 0. The van der Waals surface area contributed by atoms with Crippen LogP contribution in [0.4, 0.5) is 11.6 Å². The molecule has 1 rings (SSSR count). The maximum atomic E-state index is 4.28. The fourth-order valence-corrected chi connectivity index (χ4v) is 1.42. The van der Waals surface area contributed by atoms with Crippen LogP contribution in [0.15, 0.2) is 12.4 Å². The monoisotopic (exact) mass is 222 g/mol. The molecule has 0 aliphatic heterocycles. The van der Waals surface area contributed by atoms with Gasteiger partial charge in [-0.3, -0.25) is 0 Å². The van der Waals surface area contributed by atoms with Crippen LogP contribution in [0.1, 0.15) is 33.1 Å². The van der Waals surface area contributed by atoms with Crippen LogP contribution in [0.5, 0.6) is 0 Å². The second kappa shape index (κ2) is 7.04. The summed E-state index contributed by atoms with van der Waals surface area (Å²) in [5, 5.41) is 3.27. The Labute approximate surface area is 98.1 Å². The number of rotatable bonds is 7. The first-order valence-corrected chi connectivity index (χ1v) is 6.05. The number of anilines is 2. The van der Waals surface area contributed by atoms with E-state index in [1.807, 2.05) is 6.07 Å². The molecule has 0 bridgehead atoms. The van der Waals surface area contributed by atoms with Crippen molar-refractivity contribution in [2.45, 2.75) is 33.1 Å². The molecule has 0 spiro atoms. The van der Waals surface area contributed by atoms with Crippen molar-refractivity contribution in [2.75, 3.05) is 30.4 Å². The van der Waals surface area contributed by atoms with Gasteiger partial charge in [-0.25, -0.2) is 9.97 Å². The fraction of sp³-hybridized carbons (Fsp3) is 0.667. The van der Waals surface area contributed by atoms with Crippen LogP contribution in [-0.2, 0) is 0 Å². The van der Waals surface area contributed by atoms with E-state index < -0.39 is 0 Å². The van der Waals surface area contributed by atoms with E-state index in [1.165, 1.54) is 12.8 Å². The molecule has 0 saturated heterocycles. The summed E-state index contributed by atoms with van der Waals surface area (Å²) in [6.45, 7) is 6.33. The predicted molar refractivity (Wildman–Crippen MR) is 69.0 cm³/mol. The summed E-state index contributed by atoms with van der Waals surface area (Å²) in [5.41, 5.74) is 0. The van der Waals surface area contributed by atoms with E-state index in [4.69, 9.17) is 0 Å². The van der Waals surface area contributed by atoms with E-state index in [0.29, 0.717) is 0 Å². The maximum absolute atomic E-state index is 4.28. The van der Waals surface area contributed by atoms with Crippen molar-refractivity contribution in [3.05, 3.63) is 12.4 Å². The summed E-state index contributed by atoms with van der Waals surface area (Å²) in [4.78, 5) is 10.6. The van der Waals surface area contributed by atoms with Crippen molar-refractivity contribution in [1.29, 1.82) is 0 Å². The van der Waals surface area contributed by atoms with Crippen LogP contribution in [0.25, 0.3) is 0 Å². The third kappa shape index (κ3) is 4.04. The molecule has 90 valence electrons. The zero-order valence-electron chi connectivity index (χ0n) is 10.5. The highest BCUT2D eigenvalue weighted by atomic mass is 15.2. The minimum absolute atomic E-state index is 0.912. The quantitative estimate of drug-likeness (QED) is 0.769. The second-order valence-corrected chi connectivity index (χ2v) is 3.96. The van der Waals surface area contributed by atoms with Crippen molar-refractivity contribution in [1.82, 2.24) is 9.97 Å². The molecule has 1 aromatic heterocycles. The van der Waals surface area contributed by atoms with Gasteiger partial charge in [-0.1, -0.05) is 20.3 Å². The largest absolute Gasteiger partial charge is 0.370 e. The Morgan fingerprint density at radius 1 is 1.25 bits per heavy atom. The van der Waals surface area contributed by atoms with Gasteiger partial charge in [0.2, 0.25) is 0 Å². The summed E-state index contributed by atoms with van der Waals surface area (Å²) in [6, 6.07) is 2.01. The molecule has 4 heteroatoms. The topological polar surface area (TPSA) is 41.0 Å². The van der Waals surface area contributed by atoms with Crippen LogP contribution in [0, 0.1) is 0 Å². The standard InChI is InChI=1S/C12H22N4/c1-4-6-8-16(3)12-9-11(13-7-5-2)14-10-15-12/h9-10H,4-8H2,1-3H3,(H,13,14,15). The number of hydrogen-bond acceptors (Lipinski definition) is 4. The first kappa shape index (κ1) is 12.7. The number of hydrogen-bond donors (Lipinski definition) is 1. The van der Waals surface area contributed by atoms with Gasteiger partial charge in [-0.05, 0) is 12.8 Å². The van der Waals surface area contributed by atoms with Crippen LogP contribution >= 0.6 is 0 Å². The van der Waals surface area contributed by atoms with Gasteiger partial charge in [0.25, 0.3) is 0 Å². The van der Waals surface area contributed by atoms with Gasteiger partial charge < -0.3 is 10.2 Å². The number of nitrogens with zero attached hydrogens (tertiary/aromatic N) is 3. The Balaban J connectivity index is 2.58. The van der Waals surface area contributed by atoms with Gasteiger partial charge >= 0.3 is 0 Å². The number of aromatic nitrogens is 2. The third-order valence-electron chi connectivity index (χ3n) is 2.45. The average molecular weight is 222 g/mol. The molecule has 1 aromatic rings. The van der Waals surface area contributed by atoms with Gasteiger partial charge in [-0.2, -0.15) is 0 Å². The first-order valence-electron chi connectivity index (χ1n) is 6.05. The van der Waals surface area contributed by atoms with Gasteiger partial charge in [0.05, 0.1) is 0 Å². The molecule has 0 unspecified atom stereocenters. The molecule has 0 saturated carbocycles. The molecular formula is C12H22N4. The minimum Gasteiger partial charge on any atom is -0.370 e. The van der Waals surface area contributed by atoms with E-state index in [1.54, 1.807) is 6.33 Å². The summed E-state index contributed by atoms with van der Waals surface area (Å²) in [6.07, 6.45) is 5.12. The molecule has 0 aliphatic carbocycles. The Bertz CT molecular complexity index is 301. The Morgan fingerprint density at radius 3 is 2.75 bits per heavy atom. The van der Waals surface area contributed by atoms with E-state index in [-0.39, 0.29) is 0 Å². The first-order chi connectivity index (χ1) is 7.77. The van der Waals surface area contributed by atoms with Crippen molar-refractivity contribution < 1.29 is 0 Å². The van der Waals surface area contributed by atoms with Gasteiger partial charge in [0.15, 0.2) is 0 Å². The van der Waals surface area contributed by atoms with Gasteiger partial charge in [0.1, 0.15) is 18.0 Å². The Kier molecular flexibility index (Phi) is 5.61. The minimum atomic E-state index is 0.912. The Morgan fingerprint density at radius 2 is 2.06 bits per heavy atom. The smallest absolute Gasteiger partial charge is 0.133 e. The van der Waals surface area contributed by atoms with Crippen molar-refractivity contribution in [3.63, 3.8) is 0 Å². The molecule has 16 heavy (non-hydrogen) atoms. The molecule has 4 nitrogen and oxygen atoms in total. The summed E-state index contributed by atoms with van der Waals surface area (Å²) in [7, 11) is 2.07. The molecule has 0 aromatic carbocycles. The average Bonchev–Trinajstić information content (AvgIpc) is 2.33. The SMILES string of the molecule is CCCCN(C)c1cc(NCCC)ncn1. The van der Waals surface area contributed by atoms with Crippen molar-refractivity contribution >= 4 is 11.6 Å². The Hall–Kier alpha value is -1.32. The molecule has 1 N–H and O–H groups in total. The van der Waals surface area contributed by atoms with E-state index in [0.717, 1.165) is 31.1 Å². The molecule has 0 aliphatic rings. The van der Waals surface area contributed by atoms with Gasteiger partial charge in [0, 0.05) is 26.2 Å². The van der Waals surface area contributed by atoms with E-state index in [9.17, 15) is 0 Å². The second-order valence-electron chi connectivity index (χ2n) is 3.96. The zero-order valence-corrected chi connectivity index (χ0v) is 10.5. The molecule has 1 heterocycles. The van der Waals surface area contributed by atoms with Gasteiger partial charge in [-0.15, -0.1) is 0 Å². The van der Waals surface area contributed by atoms with Crippen molar-refractivity contribution in [3.8, 4) is 0 Å². The van der Waals surface area contributed by atoms with Crippen molar-refractivity contribution in [2.24, 2.45) is 0 Å². The number of unbranched alkanes of at least 4 members (excludes halogenated alkanes) is 1. The highest BCUT2D eigenvalue weighted by Gasteiger charge is 2.03.